The van der Waals surface area contributed by atoms with E-state index < -0.39 is 10.0 Å². The first-order valence-corrected chi connectivity index (χ1v) is 7.83. The monoisotopic (exact) mass is 284 g/mol. The average molecular weight is 284 g/mol. The van der Waals surface area contributed by atoms with Crippen molar-refractivity contribution in [3.05, 3.63) is 23.3 Å². The van der Waals surface area contributed by atoms with Crippen LogP contribution in [-0.2, 0) is 14.8 Å². The predicted molar refractivity (Wildman–Crippen MR) is 74.4 cm³/mol. The molecule has 0 spiro atoms. The maximum atomic E-state index is 12.4. The van der Waals surface area contributed by atoms with Crippen molar-refractivity contribution in [1.82, 2.24) is 4.72 Å². The molecule has 0 aromatic heterocycles. The molecule has 19 heavy (non-hydrogen) atoms. The molecule has 6 heteroatoms. The largest absolute Gasteiger partial charge is 0.397 e. The van der Waals surface area contributed by atoms with E-state index in [0.717, 1.165) is 12.0 Å². The Labute approximate surface area is 114 Å². The second kappa shape index (κ2) is 5.48. The maximum Gasteiger partial charge on any atom is 0.242 e. The molecular weight excluding hydrogens is 264 g/mol. The normalized spacial score (nSPS) is 19.8. The van der Waals surface area contributed by atoms with Crippen LogP contribution < -0.4 is 10.5 Å². The maximum absolute atomic E-state index is 12.4. The molecule has 2 rings (SSSR count). The second-order valence-corrected chi connectivity index (χ2v) is 6.73. The van der Waals surface area contributed by atoms with Gasteiger partial charge in [0.15, 0.2) is 0 Å². The van der Waals surface area contributed by atoms with Crippen LogP contribution in [0.2, 0.25) is 0 Å². The van der Waals surface area contributed by atoms with Crippen molar-refractivity contribution in [2.75, 3.05) is 25.5 Å². The highest BCUT2D eigenvalue weighted by molar-refractivity contribution is 7.89. The van der Waals surface area contributed by atoms with E-state index >= 15 is 0 Å². The number of nitrogens with one attached hydrogen (secondary N) is 1. The van der Waals surface area contributed by atoms with Gasteiger partial charge >= 0.3 is 0 Å². The van der Waals surface area contributed by atoms with Gasteiger partial charge < -0.3 is 10.5 Å². The number of hydrogen-bond donors (Lipinski definition) is 2. The van der Waals surface area contributed by atoms with Gasteiger partial charge in [-0.2, -0.15) is 0 Å². The SMILES string of the molecule is Cc1ccc(C)c(S(=O)(=O)NCC2CCOC2)c1N. The quantitative estimate of drug-likeness (QED) is 0.814. The third-order valence-electron chi connectivity index (χ3n) is 3.47. The third-order valence-corrected chi connectivity index (χ3v) is 5.09. The fourth-order valence-electron chi connectivity index (χ4n) is 2.21. The summed E-state index contributed by atoms with van der Waals surface area (Å²) in [4.78, 5) is 0.200. The van der Waals surface area contributed by atoms with Crippen molar-refractivity contribution in [3.8, 4) is 0 Å². The minimum Gasteiger partial charge on any atom is -0.397 e. The van der Waals surface area contributed by atoms with E-state index in [0.29, 0.717) is 31.0 Å². The van der Waals surface area contributed by atoms with Gasteiger partial charge in [-0.1, -0.05) is 12.1 Å². The van der Waals surface area contributed by atoms with E-state index in [4.69, 9.17) is 10.5 Å². The zero-order chi connectivity index (χ0) is 14.0. The number of nitrogens with two attached hydrogens (primary N) is 1. The summed E-state index contributed by atoms with van der Waals surface area (Å²) in [6.07, 6.45) is 0.894. The molecule has 0 amide bonds. The molecule has 1 fully saturated rings. The van der Waals surface area contributed by atoms with Gasteiger partial charge in [-0.05, 0) is 37.3 Å². The van der Waals surface area contributed by atoms with Crippen molar-refractivity contribution in [1.29, 1.82) is 0 Å². The zero-order valence-electron chi connectivity index (χ0n) is 11.3. The average Bonchev–Trinajstić information content (AvgIpc) is 2.85. The molecule has 1 aromatic rings. The lowest BCUT2D eigenvalue weighted by atomic mass is 10.1. The van der Waals surface area contributed by atoms with E-state index in [-0.39, 0.29) is 10.8 Å². The van der Waals surface area contributed by atoms with Crippen molar-refractivity contribution in [2.45, 2.75) is 25.2 Å². The molecule has 0 saturated carbocycles. The molecule has 1 aromatic carbocycles. The first kappa shape index (κ1) is 14.3. The summed E-state index contributed by atoms with van der Waals surface area (Å²) in [5.41, 5.74) is 7.68. The van der Waals surface area contributed by atoms with Crippen LogP contribution >= 0.6 is 0 Å². The molecule has 5 nitrogen and oxygen atoms in total. The third kappa shape index (κ3) is 3.08. The van der Waals surface area contributed by atoms with Gasteiger partial charge in [0.25, 0.3) is 0 Å². The van der Waals surface area contributed by atoms with Gasteiger partial charge in [-0.15, -0.1) is 0 Å². The van der Waals surface area contributed by atoms with Crippen LogP contribution in [0.25, 0.3) is 0 Å². The van der Waals surface area contributed by atoms with Crippen molar-refractivity contribution < 1.29 is 13.2 Å². The smallest absolute Gasteiger partial charge is 0.242 e. The van der Waals surface area contributed by atoms with Crippen LogP contribution in [0.3, 0.4) is 0 Å². The van der Waals surface area contributed by atoms with Gasteiger partial charge in [-0.25, -0.2) is 13.1 Å². The van der Waals surface area contributed by atoms with Gasteiger partial charge in [0.1, 0.15) is 4.90 Å². The van der Waals surface area contributed by atoms with E-state index in [2.05, 4.69) is 4.72 Å². The van der Waals surface area contributed by atoms with E-state index in [1.54, 1.807) is 19.9 Å². The number of nitrogen functional groups attached to an aromatic ring is 1. The van der Waals surface area contributed by atoms with E-state index in [1.165, 1.54) is 0 Å². The lowest BCUT2D eigenvalue weighted by Crippen LogP contribution is -2.30. The summed E-state index contributed by atoms with van der Waals surface area (Å²) >= 11 is 0. The highest BCUT2D eigenvalue weighted by atomic mass is 32.2. The topological polar surface area (TPSA) is 81.4 Å². The molecule has 0 radical (unpaired) electrons. The Morgan fingerprint density at radius 3 is 2.68 bits per heavy atom. The fraction of sp³-hybridized carbons (Fsp3) is 0.538. The Morgan fingerprint density at radius 1 is 1.37 bits per heavy atom. The predicted octanol–water partition coefficient (Wildman–Crippen LogP) is 1.20. The Balaban J connectivity index is 2.21. The van der Waals surface area contributed by atoms with Gasteiger partial charge in [0.2, 0.25) is 10.0 Å². The van der Waals surface area contributed by atoms with Gasteiger partial charge in [0.05, 0.1) is 12.3 Å². The minimum absolute atomic E-state index is 0.200. The molecule has 3 N–H and O–H groups in total. The van der Waals surface area contributed by atoms with E-state index in [9.17, 15) is 8.42 Å². The van der Waals surface area contributed by atoms with Crippen LogP contribution in [0.15, 0.2) is 17.0 Å². The van der Waals surface area contributed by atoms with Crippen LogP contribution in [-0.4, -0.2) is 28.2 Å². The van der Waals surface area contributed by atoms with Crippen LogP contribution in [0.1, 0.15) is 17.5 Å². The molecule has 106 valence electrons. The van der Waals surface area contributed by atoms with E-state index in [1.807, 2.05) is 6.07 Å². The molecule has 0 aliphatic carbocycles. The molecule has 1 aliphatic heterocycles. The number of anilines is 1. The second-order valence-electron chi connectivity index (χ2n) is 5.02. The van der Waals surface area contributed by atoms with Gasteiger partial charge in [0, 0.05) is 13.2 Å². The molecule has 0 bridgehead atoms. The molecule has 1 saturated heterocycles. The minimum atomic E-state index is -3.56. The Morgan fingerprint density at radius 2 is 2.05 bits per heavy atom. The molecule has 1 aliphatic rings. The highest BCUT2D eigenvalue weighted by Crippen LogP contribution is 2.26. The molecular formula is C13H20N2O3S. The standard InChI is InChI=1S/C13H20N2O3S/c1-9-3-4-10(2)13(12(9)14)19(16,17)15-7-11-5-6-18-8-11/h3-4,11,15H,5-8,14H2,1-2H3. The number of hydrogen-bond acceptors (Lipinski definition) is 4. The van der Waals surface area contributed by atoms with Gasteiger partial charge in [-0.3, -0.25) is 0 Å². The number of rotatable bonds is 4. The highest BCUT2D eigenvalue weighted by Gasteiger charge is 2.23. The Bertz CT molecular complexity index is 563. The molecule has 1 unspecified atom stereocenters. The molecule has 1 heterocycles. The first-order valence-electron chi connectivity index (χ1n) is 6.35. The number of benzene rings is 1. The summed E-state index contributed by atoms with van der Waals surface area (Å²) in [5.74, 6) is 0.251. The first-order chi connectivity index (χ1) is 8.92. The number of sulfonamides is 1. The summed E-state index contributed by atoms with van der Waals surface area (Å²) in [6, 6.07) is 3.60. The Kier molecular flexibility index (Phi) is 4.13. The lowest BCUT2D eigenvalue weighted by molar-refractivity contribution is 0.186. The van der Waals surface area contributed by atoms with Crippen molar-refractivity contribution in [3.63, 3.8) is 0 Å². The fourth-order valence-corrected chi connectivity index (χ4v) is 3.75. The van der Waals surface area contributed by atoms with Crippen molar-refractivity contribution in [2.24, 2.45) is 5.92 Å². The number of aryl methyl sites for hydroxylation is 2. The molecule has 1 atom stereocenters. The zero-order valence-corrected chi connectivity index (χ0v) is 12.1. The summed E-state index contributed by atoms with van der Waals surface area (Å²) in [5, 5.41) is 0. The summed E-state index contributed by atoms with van der Waals surface area (Å²) in [7, 11) is -3.56. The van der Waals surface area contributed by atoms with Crippen LogP contribution in [0.5, 0.6) is 0 Å². The van der Waals surface area contributed by atoms with Crippen LogP contribution in [0, 0.1) is 19.8 Å². The van der Waals surface area contributed by atoms with Crippen LogP contribution in [0.4, 0.5) is 5.69 Å². The summed E-state index contributed by atoms with van der Waals surface area (Å²) in [6.45, 7) is 5.28. The summed E-state index contributed by atoms with van der Waals surface area (Å²) < 4.78 is 32.6. The number of ether oxygens (including phenoxy) is 1. The Hall–Kier alpha value is -1.11. The lowest BCUT2D eigenvalue weighted by Gasteiger charge is -2.15. The van der Waals surface area contributed by atoms with Crippen molar-refractivity contribution >= 4 is 15.7 Å².